The molecule has 0 fully saturated rings. The smallest absolute Gasteiger partial charge is 0.476 e. The first-order valence-corrected chi connectivity index (χ1v) is 10.9. The number of esters is 3. The van der Waals surface area contributed by atoms with Crippen molar-refractivity contribution in [2.75, 3.05) is 32.1 Å². The van der Waals surface area contributed by atoms with Crippen LogP contribution in [0.1, 0.15) is 5.56 Å². The number of rotatable bonds is 5. The first kappa shape index (κ1) is 31.2. The van der Waals surface area contributed by atoms with E-state index in [9.17, 15) is 53.9 Å². The van der Waals surface area contributed by atoms with Crippen LogP contribution in [0.4, 0.5) is 45.2 Å². The van der Waals surface area contributed by atoms with E-state index in [0.717, 1.165) is 25.1 Å². The van der Waals surface area contributed by atoms with Gasteiger partial charge in [0.2, 0.25) is 5.88 Å². The van der Waals surface area contributed by atoms with Crippen LogP contribution < -0.4 is 29.2 Å². The lowest BCUT2D eigenvalue weighted by atomic mass is 10.0. The van der Waals surface area contributed by atoms with E-state index in [0.29, 0.717) is 18.2 Å². The van der Waals surface area contributed by atoms with E-state index < -0.39 is 70.6 Å². The molecule has 2 heterocycles. The summed E-state index contributed by atoms with van der Waals surface area (Å²) >= 11 is 0. The first-order valence-electron chi connectivity index (χ1n) is 10.9. The van der Waals surface area contributed by atoms with Crippen LogP contribution in [0.5, 0.6) is 23.1 Å². The lowest BCUT2D eigenvalue weighted by Crippen LogP contribution is -2.31. The third kappa shape index (κ3) is 7.27. The molecule has 0 atom stereocenters. The van der Waals surface area contributed by atoms with E-state index in [-0.39, 0.29) is 19.0 Å². The largest absolute Gasteiger partial charge is 0.491 e. The zero-order chi connectivity index (χ0) is 30.9. The van der Waals surface area contributed by atoms with Crippen molar-refractivity contribution in [3.8, 4) is 34.4 Å². The number of hydrogen-bond donors (Lipinski definition) is 1. The summed E-state index contributed by atoms with van der Waals surface area (Å²) < 4.78 is 136. The second-order valence-corrected chi connectivity index (χ2v) is 8.17. The Morgan fingerprint density at radius 1 is 0.854 bits per heavy atom. The number of hydrogen-bond acceptors (Lipinski definition) is 10. The van der Waals surface area contributed by atoms with Crippen molar-refractivity contribution in [1.82, 2.24) is 10.3 Å². The molecule has 2 aromatic rings. The van der Waals surface area contributed by atoms with E-state index >= 15 is 0 Å². The molecule has 0 bridgehead atoms. The summed E-state index contributed by atoms with van der Waals surface area (Å²) in [6.07, 6.45) is -17.2. The SMILES string of the molecule is CN(C)c1cc(OC(=O)C(F)(F)F)c(-c2ccc3c(n2)OCCNC3)c(OC(=O)C(F)(F)F)c1OC(=O)C(F)(F)F. The molecule has 10 nitrogen and oxygen atoms in total. The number of fused-ring (bicyclic) bond motifs is 1. The van der Waals surface area contributed by atoms with Gasteiger partial charge in [-0.3, -0.25) is 0 Å². The van der Waals surface area contributed by atoms with Crippen LogP contribution in [0, 0.1) is 0 Å². The van der Waals surface area contributed by atoms with Gasteiger partial charge in [0.1, 0.15) is 12.4 Å². The Hall–Kier alpha value is -4.29. The minimum Gasteiger partial charge on any atom is -0.476 e. The van der Waals surface area contributed by atoms with Crippen molar-refractivity contribution in [2.45, 2.75) is 25.1 Å². The lowest BCUT2D eigenvalue weighted by Gasteiger charge is -2.24. The van der Waals surface area contributed by atoms with Gasteiger partial charge >= 0.3 is 36.4 Å². The molecule has 19 heteroatoms. The molecule has 1 N–H and O–H groups in total. The Labute approximate surface area is 222 Å². The molecule has 3 rings (SSSR count). The van der Waals surface area contributed by atoms with Crippen molar-refractivity contribution in [3.63, 3.8) is 0 Å². The van der Waals surface area contributed by atoms with Crippen molar-refractivity contribution < 1.29 is 72.8 Å². The molecular formula is C22H16F9N3O7. The standard InChI is InChI=1S/C22H16F9N3O7/c1-34(2)11-7-12(39-17(35)20(23,24)25)13(10-4-3-9-8-32-5-6-38-16(9)33-10)15(41-19(37)22(29,30)31)14(11)40-18(36)21(26,27)28/h3-4,7,32H,5-6,8H2,1-2H3. The fourth-order valence-corrected chi connectivity index (χ4v) is 3.22. The molecule has 41 heavy (non-hydrogen) atoms. The molecule has 0 amide bonds. The van der Waals surface area contributed by atoms with E-state index in [1.165, 1.54) is 6.07 Å². The van der Waals surface area contributed by atoms with Gasteiger partial charge in [-0.2, -0.15) is 39.5 Å². The highest BCUT2D eigenvalue weighted by Gasteiger charge is 2.47. The van der Waals surface area contributed by atoms with E-state index in [1.807, 2.05) is 0 Å². The summed E-state index contributed by atoms with van der Waals surface area (Å²) in [4.78, 5) is 40.0. The molecule has 0 spiro atoms. The van der Waals surface area contributed by atoms with Crippen molar-refractivity contribution in [1.29, 1.82) is 0 Å². The second kappa shape index (κ2) is 11.3. The quantitative estimate of drug-likeness (QED) is 0.307. The monoisotopic (exact) mass is 605 g/mol. The van der Waals surface area contributed by atoms with Gasteiger partial charge in [-0.15, -0.1) is 0 Å². The number of benzene rings is 1. The molecule has 0 saturated carbocycles. The minimum atomic E-state index is -5.81. The maximum absolute atomic E-state index is 13.2. The summed E-state index contributed by atoms with van der Waals surface area (Å²) in [7, 11) is 2.04. The average molecular weight is 605 g/mol. The van der Waals surface area contributed by atoms with E-state index in [4.69, 9.17) is 4.74 Å². The molecule has 0 radical (unpaired) electrons. The van der Waals surface area contributed by atoms with Crippen molar-refractivity contribution in [2.24, 2.45) is 0 Å². The summed E-state index contributed by atoms with van der Waals surface area (Å²) in [5.41, 5.74) is -2.41. The molecule has 1 aromatic heterocycles. The summed E-state index contributed by atoms with van der Waals surface area (Å²) in [5.74, 6) is -13.6. The number of nitrogens with zero attached hydrogens (tertiary/aromatic N) is 2. The van der Waals surface area contributed by atoms with Gasteiger partial charge in [0, 0.05) is 38.8 Å². The van der Waals surface area contributed by atoms with Crippen LogP contribution in [0.15, 0.2) is 18.2 Å². The Bertz CT molecular complexity index is 1360. The third-order valence-corrected chi connectivity index (χ3v) is 4.98. The second-order valence-electron chi connectivity index (χ2n) is 8.17. The highest BCUT2D eigenvalue weighted by Crippen LogP contribution is 2.51. The highest BCUT2D eigenvalue weighted by molar-refractivity contribution is 5.93. The van der Waals surface area contributed by atoms with Crippen LogP contribution >= 0.6 is 0 Å². The summed E-state index contributed by atoms with van der Waals surface area (Å²) in [6.45, 7) is 0.426. The highest BCUT2D eigenvalue weighted by atomic mass is 19.4. The number of ether oxygens (including phenoxy) is 4. The molecule has 1 aromatic carbocycles. The maximum Gasteiger partial charge on any atom is 0.491 e. The number of anilines is 1. The Morgan fingerprint density at radius 3 is 1.93 bits per heavy atom. The molecule has 0 unspecified atom stereocenters. The predicted molar refractivity (Wildman–Crippen MR) is 116 cm³/mol. The Balaban J connectivity index is 2.44. The van der Waals surface area contributed by atoms with Crippen LogP contribution in [-0.4, -0.2) is 68.7 Å². The van der Waals surface area contributed by atoms with Gasteiger partial charge < -0.3 is 29.2 Å². The van der Waals surface area contributed by atoms with E-state index in [1.54, 1.807) is 0 Å². The van der Waals surface area contributed by atoms with Gasteiger partial charge in [0.05, 0.1) is 16.9 Å². The molecule has 224 valence electrons. The normalized spacial score (nSPS) is 13.8. The Morgan fingerprint density at radius 2 is 1.39 bits per heavy atom. The Kier molecular flexibility index (Phi) is 8.61. The molecule has 0 saturated heterocycles. The summed E-state index contributed by atoms with van der Waals surface area (Å²) in [6, 6.07) is 2.62. The minimum absolute atomic E-state index is 0.0106. The lowest BCUT2D eigenvalue weighted by molar-refractivity contribution is -0.191. The van der Waals surface area contributed by atoms with E-state index in [2.05, 4.69) is 24.5 Å². The predicted octanol–water partition coefficient (Wildman–Crippen LogP) is 3.70. The van der Waals surface area contributed by atoms with Gasteiger partial charge in [-0.1, -0.05) is 6.07 Å². The fraction of sp³-hybridized carbons (Fsp3) is 0.364. The number of aromatic nitrogens is 1. The van der Waals surface area contributed by atoms with Crippen LogP contribution in [0.2, 0.25) is 0 Å². The zero-order valence-electron chi connectivity index (χ0n) is 20.5. The first-order chi connectivity index (χ1) is 18.8. The molecule has 1 aliphatic rings. The van der Waals surface area contributed by atoms with Crippen molar-refractivity contribution >= 4 is 23.6 Å². The van der Waals surface area contributed by atoms with Gasteiger partial charge in [-0.25, -0.2) is 19.4 Å². The van der Waals surface area contributed by atoms with Gasteiger partial charge in [0.25, 0.3) is 0 Å². The maximum atomic E-state index is 13.2. The molecular weight excluding hydrogens is 589 g/mol. The summed E-state index contributed by atoms with van der Waals surface area (Å²) in [5, 5.41) is 2.91. The fourth-order valence-electron chi connectivity index (χ4n) is 3.22. The zero-order valence-corrected chi connectivity index (χ0v) is 20.5. The van der Waals surface area contributed by atoms with Crippen LogP contribution in [0.25, 0.3) is 11.3 Å². The van der Waals surface area contributed by atoms with Crippen LogP contribution in [-0.2, 0) is 20.9 Å². The van der Waals surface area contributed by atoms with Crippen molar-refractivity contribution in [3.05, 3.63) is 23.8 Å². The third-order valence-electron chi connectivity index (χ3n) is 4.98. The van der Waals surface area contributed by atoms with Crippen LogP contribution in [0.3, 0.4) is 0 Å². The number of carbonyl (C=O) groups excluding carboxylic acids is 3. The number of halogens is 9. The van der Waals surface area contributed by atoms with Gasteiger partial charge in [0.15, 0.2) is 11.5 Å². The molecule has 1 aliphatic heterocycles. The number of carbonyl (C=O) groups is 3. The van der Waals surface area contributed by atoms with Gasteiger partial charge in [-0.05, 0) is 6.07 Å². The molecule has 0 aliphatic carbocycles. The number of alkyl halides is 9. The number of nitrogens with one attached hydrogen (secondary N) is 1. The topological polar surface area (TPSA) is 116 Å². The number of pyridine rings is 1. The average Bonchev–Trinajstić information content (AvgIpc) is 3.08.